The van der Waals surface area contributed by atoms with Gasteiger partial charge >= 0.3 is 0 Å². The molecule has 0 aromatic heterocycles. The molecule has 2 aromatic rings. The Kier molecular flexibility index (Phi) is 4.30. The van der Waals surface area contributed by atoms with Crippen molar-refractivity contribution in [2.45, 2.75) is 6.17 Å². The minimum absolute atomic E-state index is 0.176. The van der Waals surface area contributed by atoms with E-state index in [9.17, 15) is 0 Å². The molecule has 1 atom stereocenters. The molecule has 0 spiro atoms. The van der Waals surface area contributed by atoms with Gasteiger partial charge < -0.3 is 19.7 Å². The summed E-state index contributed by atoms with van der Waals surface area (Å²) in [6, 6.07) is 11.6. The zero-order valence-corrected chi connectivity index (χ0v) is 14.0. The SMILES string of the molecule is COc1cc2c(cc1OC)C(N(C)c1cccc(Cl)c1)N=CN2. The first kappa shape index (κ1) is 15.5. The lowest BCUT2D eigenvalue weighted by Crippen LogP contribution is -2.26. The number of halogens is 1. The summed E-state index contributed by atoms with van der Waals surface area (Å²) in [4.78, 5) is 6.62. The second kappa shape index (κ2) is 6.38. The van der Waals surface area contributed by atoms with Crippen molar-refractivity contribution in [3.8, 4) is 11.5 Å². The van der Waals surface area contributed by atoms with Gasteiger partial charge in [0.1, 0.15) is 0 Å². The van der Waals surface area contributed by atoms with Crippen molar-refractivity contribution in [3.63, 3.8) is 0 Å². The van der Waals surface area contributed by atoms with Crippen LogP contribution in [0.5, 0.6) is 11.5 Å². The van der Waals surface area contributed by atoms with Crippen LogP contribution in [0.2, 0.25) is 5.02 Å². The molecule has 0 fully saturated rings. The smallest absolute Gasteiger partial charge is 0.162 e. The first-order valence-electron chi connectivity index (χ1n) is 7.16. The van der Waals surface area contributed by atoms with Gasteiger partial charge in [0.15, 0.2) is 17.7 Å². The molecular weight excluding hydrogens is 314 g/mol. The van der Waals surface area contributed by atoms with Crippen LogP contribution in [0.3, 0.4) is 0 Å². The third kappa shape index (κ3) is 2.92. The normalized spacial score (nSPS) is 15.6. The number of anilines is 2. The second-order valence-electron chi connectivity index (χ2n) is 5.18. The number of aliphatic imine (C=N–C) groups is 1. The van der Waals surface area contributed by atoms with Crippen molar-refractivity contribution in [2.24, 2.45) is 4.99 Å². The van der Waals surface area contributed by atoms with Crippen LogP contribution >= 0.6 is 11.6 Å². The molecule has 23 heavy (non-hydrogen) atoms. The Morgan fingerprint density at radius 3 is 2.57 bits per heavy atom. The maximum Gasteiger partial charge on any atom is 0.162 e. The van der Waals surface area contributed by atoms with Crippen LogP contribution in [0, 0.1) is 0 Å². The molecule has 1 aliphatic heterocycles. The van der Waals surface area contributed by atoms with E-state index in [1.807, 2.05) is 43.4 Å². The van der Waals surface area contributed by atoms with Crippen molar-refractivity contribution < 1.29 is 9.47 Å². The van der Waals surface area contributed by atoms with Crippen LogP contribution in [0.25, 0.3) is 0 Å². The van der Waals surface area contributed by atoms with Crippen LogP contribution in [-0.2, 0) is 0 Å². The van der Waals surface area contributed by atoms with Crippen LogP contribution in [0.4, 0.5) is 11.4 Å². The van der Waals surface area contributed by atoms with Gasteiger partial charge in [-0.1, -0.05) is 17.7 Å². The first-order chi connectivity index (χ1) is 11.1. The third-order valence-corrected chi connectivity index (χ3v) is 4.09. The predicted molar refractivity (Wildman–Crippen MR) is 94.3 cm³/mol. The summed E-state index contributed by atoms with van der Waals surface area (Å²) in [6.45, 7) is 0. The number of fused-ring (bicyclic) bond motifs is 1. The summed E-state index contributed by atoms with van der Waals surface area (Å²) < 4.78 is 10.8. The highest BCUT2D eigenvalue weighted by Crippen LogP contribution is 2.40. The van der Waals surface area contributed by atoms with E-state index in [-0.39, 0.29) is 6.17 Å². The second-order valence-corrected chi connectivity index (χ2v) is 5.62. The van der Waals surface area contributed by atoms with Gasteiger partial charge in [-0.25, -0.2) is 4.99 Å². The van der Waals surface area contributed by atoms with Gasteiger partial charge in [0, 0.05) is 29.4 Å². The van der Waals surface area contributed by atoms with Crippen LogP contribution in [-0.4, -0.2) is 27.6 Å². The lowest BCUT2D eigenvalue weighted by molar-refractivity contribution is 0.354. The van der Waals surface area contributed by atoms with E-state index in [1.54, 1.807) is 20.6 Å². The molecule has 0 aliphatic carbocycles. The number of methoxy groups -OCH3 is 2. The van der Waals surface area contributed by atoms with Crippen molar-refractivity contribution in [1.29, 1.82) is 0 Å². The molecule has 1 heterocycles. The fourth-order valence-electron chi connectivity index (χ4n) is 2.64. The molecule has 120 valence electrons. The molecule has 0 saturated heterocycles. The Morgan fingerprint density at radius 1 is 1.13 bits per heavy atom. The lowest BCUT2D eigenvalue weighted by atomic mass is 10.1. The molecule has 1 aliphatic rings. The summed E-state index contributed by atoms with van der Waals surface area (Å²) in [5.74, 6) is 1.35. The van der Waals surface area contributed by atoms with E-state index in [0.29, 0.717) is 16.5 Å². The zero-order chi connectivity index (χ0) is 16.4. The quantitative estimate of drug-likeness (QED) is 0.921. The van der Waals surface area contributed by atoms with Crippen molar-refractivity contribution in [2.75, 3.05) is 31.5 Å². The largest absolute Gasteiger partial charge is 0.493 e. The predicted octanol–water partition coefficient (Wildman–Crippen LogP) is 3.95. The number of benzene rings is 2. The van der Waals surface area contributed by atoms with E-state index in [2.05, 4.69) is 15.2 Å². The standard InChI is InChI=1S/C17H18ClN3O2/c1-21(12-6-4-5-11(18)7-12)17-13-8-15(22-2)16(23-3)9-14(13)19-10-20-17/h4-10,17H,1-3H3,(H,19,20). The Hall–Kier alpha value is -2.40. The van der Waals surface area contributed by atoms with E-state index in [4.69, 9.17) is 21.1 Å². The number of nitrogens with zero attached hydrogens (tertiary/aromatic N) is 2. The Morgan fingerprint density at radius 2 is 1.87 bits per heavy atom. The van der Waals surface area contributed by atoms with E-state index < -0.39 is 0 Å². The number of hydrogen-bond acceptors (Lipinski definition) is 5. The van der Waals surface area contributed by atoms with E-state index >= 15 is 0 Å². The highest BCUT2D eigenvalue weighted by Gasteiger charge is 2.24. The molecule has 0 amide bonds. The maximum absolute atomic E-state index is 6.10. The molecule has 2 aromatic carbocycles. The van der Waals surface area contributed by atoms with Gasteiger partial charge in [0.25, 0.3) is 0 Å². The van der Waals surface area contributed by atoms with Crippen LogP contribution in [0.15, 0.2) is 41.4 Å². The molecule has 1 unspecified atom stereocenters. The van der Waals surface area contributed by atoms with Crippen LogP contribution < -0.4 is 19.7 Å². The average molecular weight is 332 g/mol. The average Bonchev–Trinajstić information content (AvgIpc) is 2.59. The molecule has 0 radical (unpaired) electrons. The molecule has 0 bridgehead atoms. The number of hydrogen-bond donors (Lipinski definition) is 1. The highest BCUT2D eigenvalue weighted by molar-refractivity contribution is 6.30. The van der Waals surface area contributed by atoms with Crippen molar-refractivity contribution in [1.82, 2.24) is 0 Å². The Bertz CT molecular complexity index is 749. The minimum atomic E-state index is -0.176. The summed E-state index contributed by atoms with van der Waals surface area (Å²) in [5, 5.41) is 3.85. The van der Waals surface area contributed by atoms with E-state index in [1.165, 1.54) is 0 Å². The summed E-state index contributed by atoms with van der Waals surface area (Å²) in [7, 11) is 5.23. The van der Waals surface area contributed by atoms with Crippen molar-refractivity contribution in [3.05, 3.63) is 47.0 Å². The van der Waals surface area contributed by atoms with Gasteiger partial charge in [-0.2, -0.15) is 0 Å². The summed E-state index contributed by atoms with van der Waals surface area (Å²) in [6.07, 6.45) is 1.52. The topological polar surface area (TPSA) is 46.1 Å². The molecular formula is C17H18ClN3O2. The van der Waals surface area contributed by atoms with Gasteiger partial charge in [-0.15, -0.1) is 0 Å². The Balaban J connectivity index is 2.02. The summed E-state index contributed by atoms with van der Waals surface area (Å²) in [5.41, 5.74) is 2.94. The fourth-order valence-corrected chi connectivity index (χ4v) is 2.82. The molecule has 5 nitrogen and oxygen atoms in total. The number of nitrogens with one attached hydrogen (secondary N) is 1. The third-order valence-electron chi connectivity index (χ3n) is 3.85. The molecule has 1 N–H and O–H groups in total. The lowest BCUT2D eigenvalue weighted by Gasteiger charge is -2.31. The summed E-state index contributed by atoms with van der Waals surface area (Å²) >= 11 is 6.10. The van der Waals surface area contributed by atoms with Gasteiger partial charge in [-0.05, 0) is 24.3 Å². The van der Waals surface area contributed by atoms with Gasteiger partial charge in [0.05, 0.1) is 26.2 Å². The highest BCUT2D eigenvalue weighted by atomic mass is 35.5. The number of ether oxygens (including phenoxy) is 2. The zero-order valence-electron chi connectivity index (χ0n) is 13.2. The fraction of sp³-hybridized carbons (Fsp3) is 0.235. The van der Waals surface area contributed by atoms with Crippen molar-refractivity contribution >= 4 is 29.3 Å². The molecule has 0 saturated carbocycles. The maximum atomic E-state index is 6.10. The number of rotatable bonds is 4. The molecule has 3 rings (SSSR count). The van der Waals surface area contributed by atoms with E-state index in [0.717, 1.165) is 16.9 Å². The van der Waals surface area contributed by atoms with Gasteiger partial charge in [0.2, 0.25) is 0 Å². The van der Waals surface area contributed by atoms with Gasteiger partial charge in [-0.3, -0.25) is 0 Å². The minimum Gasteiger partial charge on any atom is -0.493 e. The van der Waals surface area contributed by atoms with Crippen LogP contribution in [0.1, 0.15) is 11.7 Å². The molecule has 6 heteroatoms. The monoisotopic (exact) mass is 331 g/mol. The Labute approximate surface area is 140 Å². The first-order valence-corrected chi connectivity index (χ1v) is 7.54.